The molecule has 0 unspecified atom stereocenters. The van der Waals surface area contributed by atoms with Crippen molar-refractivity contribution in [2.45, 2.75) is 0 Å². The second-order valence-corrected chi connectivity index (χ2v) is 4.11. The molecule has 2 heteroatoms. The van der Waals surface area contributed by atoms with E-state index in [1.807, 2.05) is 42.5 Å². The molecular formula is C18H13NO. The molecule has 0 heterocycles. The fourth-order valence-electron chi connectivity index (χ4n) is 1.70. The van der Waals surface area contributed by atoms with E-state index in [0.29, 0.717) is 5.56 Å². The maximum Gasteiger partial charge on any atom is 0.0991 e. The van der Waals surface area contributed by atoms with Crippen molar-refractivity contribution in [3.63, 3.8) is 0 Å². The van der Waals surface area contributed by atoms with E-state index in [1.54, 1.807) is 18.2 Å². The van der Waals surface area contributed by atoms with Gasteiger partial charge in [-0.15, -0.1) is 0 Å². The van der Waals surface area contributed by atoms with Crippen molar-refractivity contribution in [1.82, 2.24) is 0 Å². The minimum atomic E-state index is 0.0113. The molecule has 0 saturated heterocycles. The van der Waals surface area contributed by atoms with Gasteiger partial charge in [0.25, 0.3) is 0 Å². The first-order valence-electron chi connectivity index (χ1n) is 6.22. The minimum Gasteiger partial charge on any atom is -0.392 e. The van der Waals surface area contributed by atoms with Crippen LogP contribution in [-0.4, -0.2) is 11.7 Å². The second kappa shape index (κ2) is 6.95. The lowest BCUT2D eigenvalue weighted by atomic mass is 10.1. The molecule has 2 aromatic carbocycles. The highest BCUT2D eigenvalue weighted by atomic mass is 16.2. The van der Waals surface area contributed by atoms with Crippen LogP contribution in [0, 0.1) is 23.2 Å². The molecule has 0 saturated carbocycles. The van der Waals surface area contributed by atoms with Crippen molar-refractivity contribution in [2.24, 2.45) is 0 Å². The fourth-order valence-corrected chi connectivity index (χ4v) is 1.70. The summed E-state index contributed by atoms with van der Waals surface area (Å²) in [6.07, 6.45) is 3.53. The summed E-state index contributed by atoms with van der Waals surface area (Å²) in [4.78, 5) is 0. The predicted octanol–water partition coefficient (Wildman–Crippen LogP) is 2.96. The summed E-state index contributed by atoms with van der Waals surface area (Å²) in [7, 11) is 0. The van der Waals surface area contributed by atoms with Crippen LogP contribution in [0.2, 0.25) is 0 Å². The highest BCUT2D eigenvalue weighted by molar-refractivity contribution is 5.60. The molecule has 2 nitrogen and oxygen atoms in total. The number of hydrogen-bond acceptors (Lipinski definition) is 2. The van der Waals surface area contributed by atoms with E-state index >= 15 is 0 Å². The van der Waals surface area contributed by atoms with E-state index in [0.717, 1.165) is 16.7 Å². The number of aliphatic hydroxyl groups is 1. The van der Waals surface area contributed by atoms with Crippen LogP contribution in [-0.2, 0) is 0 Å². The molecule has 0 spiro atoms. The number of rotatable bonds is 2. The number of hydrogen-bond donors (Lipinski definition) is 1. The standard InChI is InChI=1S/C18H13NO/c19-14-16-9-7-15(8-10-16)11-12-18-5-2-1-4-17(18)6-3-13-20/h1-10,20H,13H2. The highest BCUT2D eigenvalue weighted by Crippen LogP contribution is 2.10. The Hall–Kier alpha value is -2.81. The van der Waals surface area contributed by atoms with Crippen molar-refractivity contribution in [3.8, 4) is 17.9 Å². The first-order chi connectivity index (χ1) is 9.83. The summed E-state index contributed by atoms with van der Waals surface area (Å²) >= 11 is 0. The molecule has 0 atom stereocenters. The van der Waals surface area contributed by atoms with Gasteiger partial charge in [0.15, 0.2) is 0 Å². The molecule has 0 aliphatic carbocycles. The Labute approximate surface area is 118 Å². The zero-order valence-electron chi connectivity index (χ0n) is 10.9. The van der Waals surface area contributed by atoms with Gasteiger partial charge >= 0.3 is 0 Å². The van der Waals surface area contributed by atoms with Crippen LogP contribution in [0.3, 0.4) is 0 Å². The molecule has 1 N–H and O–H groups in total. The van der Waals surface area contributed by atoms with Crippen LogP contribution in [0.4, 0.5) is 0 Å². The third kappa shape index (κ3) is 3.59. The summed E-state index contributed by atoms with van der Waals surface area (Å²) in [6, 6.07) is 17.0. The summed E-state index contributed by atoms with van der Waals surface area (Å²) in [5, 5.41) is 17.6. The lowest BCUT2D eigenvalue weighted by Crippen LogP contribution is -1.83. The maximum absolute atomic E-state index is 8.83. The molecule has 2 aromatic rings. The van der Waals surface area contributed by atoms with E-state index in [4.69, 9.17) is 10.4 Å². The molecule has 0 aliphatic heterocycles. The Morgan fingerprint density at radius 1 is 0.950 bits per heavy atom. The van der Waals surface area contributed by atoms with Crippen LogP contribution in [0.1, 0.15) is 22.3 Å². The number of nitriles is 1. The number of benzene rings is 2. The van der Waals surface area contributed by atoms with Gasteiger partial charge in [-0.25, -0.2) is 0 Å². The van der Waals surface area contributed by atoms with Gasteiger partial charge in [-0.05, 0) is 35.9 Å². The molecule has 0 aliphatic rings. The normalized spacial score (nSPS) is 9.80. The Kier molecular flexibility index (Phi) is 4.73. The fraction of sp³-hybridized carbons (Fsp3) is 0.0556. The Morgan fingerprint density at radius 2 is 1.65 bits per heavy atom. The molecule has 0 radical (unpaired) electrons. The smallest absolute Gasteiger partial charge is 0.0991 e. The van der Waals surface area contributed by atoms with Crippen LogP contribution in [0.5, 0.6) is 0 Å². The average molecular weight is 259 g/mol. The van der Waals surface area contributed by atoms with Gasteiger partial charge in [0.2, 0.25) is 0 Å². The highest BCUT2D eigenvalue weighted by Gasteiger charge is 1.94. The molecule has 2 rings (SSSR count). The molecule has 0 amide bonds. The van der Waals surface area contributed by atoms with Crippen molar-refractivity contribution in [2.75, 3.05) is 6.61 Å². The number of nitrogens with zero attached hydrogens (tertiary/aromatic N) is 1. The summed E-state index contributed by atoms with van der Waals surface area (Å²) in [5.41, 5.74) is 3.37. The third-order valence-electron chi connectivity index (χ3n) is 2.72. The monoisotopic (exact) mass is 259 g/mol. The largest absolute Gasteiger partial charge is 0.392 e. The topological polar surface area (TPSA) is 44.0 Å². The minimum absolute atomic E-state index is 0.0113. The molecule has 20 heavy (non-hydrogen) atoms. The third-order valence-corrected chi connectivity index (χ3v) is 2.72. The molecular weight excluding hydrogens is 246 g/mol. The van der Waals surface area contributed by atoms with E-state index in [2.05, 4.69) is 17.9 Å². The average Bonchev–Trinajstić information content (AvgIpc) is 2.52. The lowest BCUT2D eigenvalue weighted by molar-refractivity contribution is 0.343. The van der Waals surface area contributed by atoms with Gasteiger partial charge in [-0.3, -0.25) is 0 Å². The molecule has 0 bridgehead atoms. The van der Waals surface area contributed by atoms with E-state index in [9.17, 15) is 0 Å². The van der Waals surface area contributed by atoms with Gasteiger partial charge in [0.05, 0.1) is 18.2 Å². The number of aliphatic hydroxyl groups excluding tert-OH is 1. The Bertz CT molecular complexity index is 710. The summed E-state index contributed by atoms with van der Waals surface area (Å²) in [5.74, 6) is 6.18. The molecule has 0 aromatic heterocycles. The van der Waals surface area contributed by atoms with Crippen molar-refractivity contribution >= 4 is 6.08 Å². The first-order valence-corrected chi connectivity index (χ1v) is 6.22. The van der Waals surface area contributed by atoms with E-state index < -0.39 is 0 Å². The van der Waals surface area contributed by atoms with Gasteiger partial charge in [0.1, 0.15) is 0 Å². The van der Waals surface area contributed by atoms with E-state index in [1.165, 1.54) is 0 Å². The first kappa shape index (κ1) is 13.6. The van der Waals surface area contributed by atoms with Crippen molar-refractivity contribution in [3.05, 3.63) is 76.9 Å². The zero-order valence-corrected chi connectivity index (χ0v) is 10.9. The summed E-state index contributed by atoms with van der Waals surface area (Å²) in [6.45, 7) is 0.0113. The van der Waals surface area contributed by atoms with Crippen molar-refractivity contribution < 1.29 is 5.11 Å². The van der Waals surface area contributed by atoms with Crippen LogP contribution in [0.15, 0.2) is 54.6 Å². The van der Waals surface area contributed by atoms with Gasteiger partial charge < -0.3 is 5.11 Å². The van der Waals surface area contributed by atoms with Gasteiger partial charge in [0, 0.05) is 11.1 Å². The van der Waals surface area contributed by atoms with Crippen LogP contribution < -0.4 is 0 Å². The second-order valence-electron chi connectivity index (χ2n) is 4.11. The zero-order chi connectivity index (χ0) is 14.2. The predicted molar refractivity (Wildman–Crippen MR) is 79.7 cm³/mol. The Morgan fingerprint density at radius 3 is 2.35 bits per heavy atom. The summed E-state index contributed by atoms with van der Waals surface area (Å²) < 4.78 is 0. The maximum atomic E-state index is 8.83. The molecule has 0 fully saturated rings. The SMILES string of the molecule is N#Cc1ccc(C#Cc2ccccc2C=CCO)cc1. The van der Waals surface area contributed by atoms with Crippen LogP contribution in [0.25, 0.3) is 6.08 Å². The lowest BCUT2D eigenvalue weighted by Gasteiger charge is -1.97. The van der Waals surface area contributed by atoms with Crippen LogP contribution >= 0.6 is 0 Å². The van der Waals surface area contributed by atoms with E-state index in [-0.39, 0.29) is 6.61 Å². The molecule has 96 valence electrons. The van der Waals surface area contributed by atoms with Gasteiger partial charge in [-0.1, -0.05) is 42.2 Å². The van der Waals surface area contributed by atoms with Crippen molar-refractivity contribution in [1.29, 1.82) is 5.26 Å². The Balaban J connectivity index is 2.28. The van der Waals surface area contributed by atoms with Gasteiger partial charge in [-0.2, -0.15) is 5.26 Å². The quantitative estimate of drug-likeness (QED) is 0.843.